The van der Waals surface area contributed by atoms with Gasteiger partial charge in [0.25, 0.3) is 0 Å². The van der Waals surface area contributed by atoms with Crippen LogP contribution in [0.15, 0.2) is 36.4 Å². The SMILES string of the molecule is CCC(C(=O)NC(C)C)N(Cc1c(Cl)cccc1Cl)C(=O)CN(c1cccc(C)c1C)S(C)(=O)=O. The van der Waals surface area contributed by atoms with Gasteiger partial charge in [0.1, 0.15) is 12.6 Å². The first kappa shape index (κ1) is 28.9. The first-order valence-corrected chi connectivity index (χ1v) is 13.9. The van der Waals surface area contributed by atoms with Gasteiger partial charge in [-0.05, 0) is 63.4 Å². The van der Waals surface area contributed by atoms with Crippen LogP contribution in [0.4, 0.5) is 5.69 Å². The second-order valence-electron chi connectivity index (χ2n) is 8.80. The molecule has 0 saturated carbocycles. The molecule has 0 aliphatic carbocycles. The molecule has 1 N–H and O–H groups in total. The lowest BCUT2D eigenvalue weighted by molar-refractivity contribution is -0.140. The summed E-state index contributed by atoms with van der Waals surface area (Å²) in [5.41, 5.74) is 2.54. The highest BCUT2D eigenvalue weighted by Gasteiger charge is 2.33. The summed E-state index contributed by atoms with van der Waals surface area (Å²) in [6, 6.07) is 9.28. The molecular formula is C25H33Cl2N3O4S. The third kappa shape index (κ3) is 7.35. The summed E-state index contributed by atoms with van der Waals surface area (Å²) in [6.45, 7) is 8.59. The largest absolute Gasteiger partial charge is 0.352 e. The number of benzene rings is 2. The van der Waals surface area contributed by atoms with Crippen LogP contribution in [-0.4, -0.2) is 50.0 Å². The highest BCUT2D eigenvalue weighted by atomic mass is 35.5. The van der Waals surface area contributed by atoms with Gasteiger partial charge in [0.05, 0.1) is 11.9 Å². The second kappa shape index (κ2) is 12.1. The van der Waals surface area contributed by atoms with E-state index in [-0.39, 0.29) is 18.5 Å². The van der Waals surface area contributed by atoms with E-state index < -0.39 is 28.5 Å². The van der Waals surface area contributed by atoms with Crippen molar-refractivity contribution in [2.75, 3.05) is 17.1 Å². The average Bonchev–Trinajstić information content (AvgIpc) is 2.74. The molecular weight excluding hydrogens is 509 g/mol. The van der Waals surface area contributed by atoms with E-state index in [0.29, 0.717) is 27.7 Å². The number of hydrogen-bond acceptors (Lipinski definition) is 4. The maximum atomic E-state index is 13.7. The van der Waals surface area contributed by atoms with Crippen LogP contribution < -0.4 is 9.62 Å². The Morgan fingerprint density at radius 3 is 2.11 bits per heavy atom. The lowest BCUT2D eigenvalue weighted by atomic mass is 10.1. The lowest BCUT2D eigenvalue weighted by Gasteiger charge is -2.34. The molecule has 1 unspecified atom stereocenters. The number of nitrogens with zero attached hydrogens (tertiary/aromatic N) is 2. The summed E-state index contributed by atoms with van der Waals surface area (Å²) >= 11 is 12.7. The number of nitrogens with one attached hydrogen (secondary N) is 1. The molecule has 0 aliphatic heterocycles. The van der Waals surface area contributed by atoms with Gasteiger partial charge in [-0.1, -0.05) is 48.3 Å². The highest BCUT2D eigenvalue weighted by Crippen LogP contribution is 2.29. The molecule has 2 aromatic rings. The minimum absolute atomic E-state index is 0.0498. The second-order valence-corrected chi connectivity index (χ2v) is 11.5. The van der Waals surface area contributed by atoms with Crippen LogP contribution in [0.25, 0.3) is 0 Å². The molecule has 2 aromatic carbocycles. The number of halogens is 2. The number of anilines is 1. The van der Waals surface area contributed by atoms with E-state index in [9.17, 15) is 18.0 Å². The summed E-state index contributed by atoms with van der Waals surface area (Å²) < 4.78 is 26.6. The molecule has 192 valence electrons. The van der Waals surface area contributed by atoms with Gasteiger partial charge in [-0.3, -0.25) is 13.9 Å². The van der Waals surface area contributed by atoms with Gasteiger partial charge in [-0.2, -0.15) is 0 Å². The van der Waals surface area contributed by atoms with Crippen LogP contribution in [0.1, 0.15) is 43.9 Å². The molecule has 0 bridgehead atoms. The van der Waals surface area contributed by atoms with Crippen molar-refractivity contribution in [2.45, 2.75) is 59.7 Å². The highest BCUT2D eigenvalue weighted by molar-refractivity contribution is 7.92. The number of sulfonamides is 1. The van der Waals surface area contributed by atoms with Gasteiger partial charge in [0, 0.05) is 28.2 Å². The third-order valence-corrected chi connectivity index (χ3v) is 7.57. The van der Waals surface area contributed by atoms with E-state index in [4.69, 9.17) is 23.2 Å². The molecule has 0 radical (unpaired) electrons. The summed E-state index contributed by atoms with van der Waals surface area (Å²) in [6.07, 6.45) is 1.37. The van der Waals surface area contributed by atoms with Gasteiger partial charge < -0.3 is 10.2 Å². The summed E-state index contributed by atoms with van der Waals surface area (Å²) in [5, 5.41) is 3.55. The van der Waals surface area contributed by atoms with E-state index in [1.54, 1.807) is 44.2 Å². The summed E-state index contributed by atoms with van der Waals surface area (Å²) in [7, 11) is -3.81. The molecule has 0 heterocycles. The van der Waals surface area contributed by atoms with E-state index in [1.807, 2.05) is 26.8 Å². The van der Waals surface area contributed by atoms with Crippen molar-refractivity contribution in [3.8, 4) is 0 Å². The number of hydrogen-bond donors (Lipinski definition) is 1. The lowest BCUT2D eigenvalue weighted by Crippen LogP contribution is -2.53. The fourth-order valence-corrected chi connectivity index (χ4v) is 5.17. The Kier molecular flexibility index (Phi) is 10.0. The molecule has 2 rings (SSSR count). The zero-order valence-corrected chi connectivity index (χ0v) is 23.3. The number of carbonyl (C=O) groups is 2. The van der Waals surface area contributed by atoms with Crippen molar-refractivity contribution in [3.63, 3.8) is 0 Å². The van der Waals surface area contributed by atoms with Crippen molar-refractivity contribution < 1.29 is 18.0 Å². The molecule has 2 amide bonds. The Labute approximate surface area is 218 Å². The van der Waals surface area contributed by atoms with Crippen LogP contribution in [0.2, 0.25) is 10.0 Å². The normalized spacial score (nSPS) is 12.4. The Hall–Kier alpha value is -2.29. The Balaban J connectivity index is 2.55. The molecule has 7 nitrogen and oxygen atoms in total. The number of rotatable bonds is 10. The number of amides is 2. The molecule has 0 aromatic heterocycles. The van der Waals surface area contributed by atoms with E-state index in [1.165, 1.54) is 4.90 Å². The van der Waals surface area contributed by atoms with E-state index >= 15 is 0 Å². The van der Waals surface area contributed by atoms with Crippen molar-refractivity contribution in [2.24, 2.45) is 0 Å². The number of carbonyl (C=O) groups excluding carboxylic acids is 2. The first-order chi connectivity index (χ1) is 16.3. The zero-order chi connectivity index (χ0) is 26.5. The van der Waals surface area contributed by atoms with Crippen LogP contribution in [0, 0.1) is 13.8 Å². The maximum absolute atomic E-state index is 13.7. The monoisotopic (exact) mass is 541 g/mol. The summed E-state index contributed by atoms with van der Waals surface area (Å²) in [5.74, 6) is -0.880. The van der Waals surface area contributed by atoms with Crippen molar-refractivity contribution in [3.05, 3.63) is 63.1 Å². The van der Waals surface area contributed by atoms with Crippen molar-refractivity contribution in [1.29, 1.82) is 0 Å². The maximum Gasteiger partial charge on any atom is 0.244 e. The van der Waals surface area contributed by atoms with Crippen LogP contribution in [0.5, 0.6) is 0 Å². The smallest absolute Gasteiger partial charge is 0.244 e. The predicted octanol–water partition coefficient (Wildman–Crippen LogP) is 4.71. The quantitative estimate of drug-likeness (QED) is 0.471. The minimum Gasteiger partial charge on any atom is -0.352 e. The molecule has 10 heteroatoms. The molecule has 35 heavy (non-hydrogen) atoms. The third-order valence-electron chi connectivity index (χ3n) is 5.73. The Morgan fingerprint density at radius 1 is 1.03 bits per heavy atom. The molecule has 0 saturated heterocycles. The fraction of sp³-hybridized carbons (Fsp3) is 0.440. The van der Waals surface area contributed by atoms with Gasteiger partial charge in [0.2, 0.25) is 21.8 Å². The fourth-order valence-electron chi connectivity index (χ4n) is 3.75. The molecule has 1 atom stereocenters. The van der Waals surface area contributed by atoms with Gasteiger partial charge >= 0.3 is 0 Å². The Morgan fingerprint density at radius 2 is 1.60 bits per heavy atom. The topological polar surface area (TPSA) is 86.8 Å². The van der Waals surface area contributed by atoms with E-state index in [0.717, 1.165) is 21.7 Å². The zero-order valence-electron chi connectivity index (χ0n) is 20.9. The van der Waals surface area contributed by atoms with Crippen molar-refractivity contribution in [1.82, 2.24) is 10.2 Å². The van der Waals surface area contributed by atoms with Crippen LogP contribution >= 0.6 is 23.2 Å². The molecule has 0 fully saturated rings. The van der Waals surface area contributed by atoms with Gasteiger partial charge in [0.15, 0.2) is 0 Å². The minimum atomic E-state index is -3.81. The first-order valence-electron chi connectivity index (χ1n) is 11.3. The Bertz CT molecular complexity index is 1160. The van der Waals surface area contributed by atoms with Crippen molar-refractivity contribution >= 4 is 50.7 Å². The van der Waals surface area contributed by atoms with Gasteiger partial charge in [-0.25, -0.2) is 8.42 Å². The van der Waals surface area contributed by atoms with E-state index in [2.05, 4.69) is 5.32 Å². The van der Waals surface area contributed by atoms with Gasteiger partial charge in [-0.15, -0.1) is 0 Å². The molecule has 0 aliphatic rings. The standard InChI is InChI=1S/C25H33Cl2N3O4S/c1-7-22(25(32)28-16(2)3)29(14-19-20(26)11-9-12-21(19)27)24(31)15-30(35(6,33)34)23-13-8-10-17(4)18(23)5/h8-13,16,22H,7,14-15H2,1-6H3,(H,28,32). The predicted molar refractivity (Wildman–Crippen MR) is 142 cm³/mol. The molecule has 0 spiro atoms. The van der Waals surface area contributed by atoms with Crippen LogP contribution in [-0.2, 0) is 26.2 Å². The average molecular weight is 543 g/mol. The van der Waals surface area contributed by atoms with Crippen LogP contribution in [0.3, 0.4) is 0 Å². The summed E-state index contributed by atoms with van der Waals surface area (Å²) in [4.78, 5) is 28.1. The number of aryl methyl sites for hydroxylation is 1.